The Morgan fingerprint density at radius 2 is 2.30 bits per heavy atom. The summed E-state index contributed by atoms with van der Waals surface area (Å²) in [4.78, 5) is 18.7. The van der Waals surface area contributed by atoms with E-state index < -0.39 is 0 Å². The zero-order valence-corrected chi connectivity index (χ0v) is 11.6. The van der Waals surface area contributed by atoms with Crippen LogP contribution in [0, 0.1) is 0 Å². The van der Waals surface area contributed by atoms with Crippen LogP contribution in [0.1, 0.15) is 4.88 Å². The predicted octanol–water partition coefficient (Wildman–Crippen LogP) is 2.45. The third kappa shape index (κ3) is 3.05. The third-order valence-electron chi connectivity index (χ3n) is 3.03. The molecule has 0 aromatic carbocycles. The van der Waals surface area contributed by atoms with Crippen LogP contribution in [0.2, 0.25) is 0 Å². The molecule has 4 nitrogen and oxygen atoms in total. The molecule has 5 heteroatoms. The molecule has 1 fully saturated rings. The van der Waals surface area contributed by atoms with Gasteiger partial charge in [-0.25, -0.2) is 0 Å². The summed E-state index contributed by atoms with van der Waals surface area (Å²) in [7, 11) is 0. The van der Waals surface area contributed by atoms with Crippen molar-refractivity contribution in [3.8, 4) is 5.75 Å². The number of rotatable bonds is 4. The highest BCUT2D eigenvalue weighted by atomic mass is 32.1. The lowest BCUT2D eigenvalue weighted by atomic mass is 10.1. The van der Waals surface area contributed by atoms with E-state index in [1.807, 2.05) is 35.7 Å². The minimum Gasteiger partial charge on any atom is -0.485 e. The summed E-state index contributed by atoms with van der Waals surface area (Å²) in [6, 6.07) is 7.66. The van der Waals surface area contributed by atoms with Crippen molar-refractivity contribution in [3.63, 3.8) is 0 Å². The third-order valence-corrected chi connectivity index (χ3v) is 3.87. The molecular weight excluding hydrogens is 272 g/mol. The van der Waals surface area contributed by atoms with E-state index in [1.165, 1.54) is 0 Å². The van der Waals surface area contributed by atoms with Gasteiger partial charge in [-0.1, -0.05) is 6.07 Å². The van der Waals surface area contributed by atoms with Crippen LogP contribution in [-0.2, 0) is 4.79 Å². The van der Waals surface area contributed by atoms with Crippen molar-refractivity contribution in [2.24, 2.45) is 0 Å². The monoisotopic (exact) mass is 286 g/mol. The van der Waals surface area contributed by atoms with E-state index in [2.05, 4.69) is 4.98 Å². The topological polar surface area (TPSA) is 42.4 Å². The average molecular weight is 286 g/mol. The fraction of sp³-hybridized carbons (Fsp3) is 0.200. The van der Waals surface area contributed by atoms with E-state index in [4.69, 9.17) is 4.74 Å². The molecule has 0 radical (unpaired) electrons. The number of hydrogen-bond acceptors (Lipinski definition) is 4. The highest BCUT2D eigenvalue weighted by molar-refractivity contribution is 7.10. The van der Waals surface area contributed by atoms with Crippen LogP contribution >= 0.6 is 11.3 Å². The van der Waals surface area contributed by atoms with Crippen molar-refractivity contribution in [1.82, 2.24) is 9.88 Å². The van der Waals surface area contributed by atoms with E-state index in [0.29, 0.717) is 13.1 Å². The molecule has 0 saturated carbocycles. The number of ether oxygens (including phenoxy) is 1. The van der Waals surface area contributed by atoms with E-state index in [-0.39, 0.29) is 12.0 Å². The summed E-state index contributed by atoms with van der Waals surface area (Å²) in [6.45, 7) is 1.25. The van der Waals surface area contributed by atoms with Crippen LogP contribution in [0.25, 0.3) is 6.08 Å². The molecule has 0 unspecified atom stereocenters. The second-order valence-corrected chi connectivity index (χ2v) is 5.50. The normalized spacial score (nSPS) is 15.3. The molecule has 1 aliphatic heterocycles. The Labute approximate surface area is 121 Å². The van der Waals surface area contributed by atoms with E-state index in [9.17, 15) is 4.79 Å². The molecule has 0 bridgehead atoms. The number of pyridine rings is 1. The SMILES string of the molecule is O=C(/C=C/c1cccs1)N1CC(Oc2cccnc2)C1. The zero-order valence-electron chi connectivity index (χ0n) is 10.8. The number of thiophene rings is 1. The van der Waals surface area contributed by atoms with Crippen molar-refractivity contribution in [3.05, 3.63) is 53.0 Å². The van der Waals surface area contributed by atoms with Crippen LogP contribution in [0.3, 0.4) is 0 Å². The van der Waals surface area contributed by atoms with E-state index >= 15 is 0 Å². The van der Waals surface area contributed by atoms with Gasteiger partial charge in [-0.15, -0.1) is 11.3 Å². The average Bonchev–Trinajstić information content (AvgIpc) is 2.94. The zero-order chi connectivity index (χ0) is 13.8. The number of amides is 1. The molecule has 0 atom stereocenters. The van der Waals surface area contributed by atoms with Crippen molar-refractivity contribution in [2.45, 2.75) is 6.10 Å². The number of aromatic nitrogens is 1. The maximum Gasteiger partial charge on any atom is 0.246 e. The van der Waals surface area contributed by atoms with Gasteiger partial charge < -0.3 is 9.64 Å². The number of carbonyl (C=O) groups is 1. The molecule has 3 rings (SSSR count). The number of likely N-dealkylation sites (tertiary alicyclic amines) is 1. The van der Waals surface area contributed by atoms with Gasteiger partial charge in [0.25, 0.3) is 0 Å². The summed E-state index contributed by atoms with van der Waals surface area (Å²) >= 11 is 1.62. The summed E-state index contributed by atoms with van der Waals surface area (Å²) in [5.41, 5.74) is 0. The molecule has 3 heterocycles. The smallest absolute Gasteiger partial charge is 0.246 e. The Hall–Kier alpha value is -2.14. The Bertz CT molecular complexity index is 590. The van der Waals surface area contributed by atoms with Crippen LogP contribution in [0.15, 0.2) is 48.1 Å². The van der Waals surface area contributed by atoms with E-state index in [1.54, 1.807) is 34.7 Å². The second-order valence-electron chi connectivity index (χ2n) is 4.52. The molecule has 2 aromatic heterocycles. The largest absolute Gasteiger partial charge is 0.485 e. The Morgan fingerprint density at radius 1 is 1.40 bits per heavy atom. The van der Waals surface area contributed by atoms with Crippen molar-refractivity contribution in [1.29, 1.82) is 0 Å². The van der Waals surface area contributed by atoms with Crippen LogP contribution < -0.4 is 4.74 Å². The maximum absolute atomic E-state index is 11.9. The maximum atomic E-state index is 11.9. The van der Waals surface area contributed by atoms with Crippen molar-refractivity contribution >= 4 is 23.3 Å². The van der Waals surface area contributed by atoms with Gasteiger partial charge >= 0.3 is 0 Å². The summed E-state index contributed by atoms with van der Waals surface area (Å²) in [5, 5.41) is 1.99. The summed E-state index contributed by atoms with van der Waals surface area (Å²) in [6.07, 6.45) is 6.92. The fourth-order valence-electron chi connectivity index (χ4n) is 1.95. The second kappa shape index (κ2) is 5.88. The molecular formula is C15H14N2O2S. The van der Waals surface area contributed by atoms with Crippen LogP contribution in [-0.4, -0.2) is 35.0 Å². The lowest BCUT2D eigenvalue weighted by Crippen LogP contribution is -2.55. The Morgan fingerprint density at radius 3 is 3.00 bits per heavy atom. The molecule has 20 heavy (non-hydrogen) atoms. The number of nitrogens with zero attached hydrogens (tertiary/aromatic N) is 2. The van der Waals surface area contributed by atoms with Gasteiger partial charge in [-0.2, -0.15) is 0 Å². The fourth-order valence-corrected chi connectivity index (χ4v) is 2.56. The van der Waals surface area contributed by atoms with Gasteiger partial charge in [-0.3, -0.25) is 9.78 Å². The first-order chi connectivity index (χ1) is 9.81. The Balaban J connectivity index is 1.47. The highest BCUT2D eigenvalue weighted by Crippen LogP contribution is 2.17. The summed E-state index contributed by atoms with van der Waals surface area (Å²) < 4.78 is 5.70. The molecule has 0 N–H and O–H groups in total. The standard InChI is InChI=1S/C15H14N2O2S/c18-15(6-5-14-4-2-8-20-14)17-10-13(11-17)19-12-3-1-7-16-9-12/h1-9,13H,10-11H2/b6-5+. The molecule has 0 aliphatic carbocycles. The minimum absolute atomic E-state index is 0.0319. The molecule has 1 saturated heterocycles. The van der Waals surface area contributed by atoms with Gasteiger partial charge in [0.2, 0.25) is 5.91 Å². The van der Waals surface area contributed by atoms with Crippen LogP contribution in [0.4, 0.5) is 0 Å². The molecule has 2 aromatic rings. The minimum atomic E-state index is 0.0319. The van der Waals surface area contributed by atoms with Crippen molar-refractivity contribution in [2.75, 3.05) is 13.1 Å². The quantitative estimate of drug-likeness (QED) is 0.811. The van der Waals surface area contributed by atoms with Gasteiger partial charge in [0.15, 0.2) is 0 Å². The summed E-state index contributed by atoms with van der Waals surface area (Å²) in [5.74, 6) is 0.781. The van der Waals surface area contributed by atoms with E-state index in [0.717, 1.165) is 10.6 Å². The number of carbonyl (C=O) groups excluding carboxylic acids is 1. The van der Waals surface area contributed by atoms with Gasteiger partial charge in [0, 0.05) is 17.2 Å². The van der Waals surface area contributed by atoms with Gasteiger partial charge in [0.05, 0.1) is 19.3 Å². The Kier molecular flexibility index (Phi) is 3.78. The lowest BCUT2D eigenvalue weighted by Gasteiger charge is -2.38. The molecule has 102 valence electrons. The number of hydrogen-bond donors (Lipinski definition) is 0. The van der Waals surface area contributed by atoms with Gasteiger partial charge in [-0.05, 0) is 29.7 Å². The highest BCUT2D eigenvalue weighted by Gasteiger charge is 2.31. The molecule has 0 spiro atoms. The molecule has 1 amide bonds. The first kappa shape index (κ1) is 12.9. The van der Waals surface area contributed by atoms with Gasteiger partial charge in [0.1, 0.15) is 11.9 Å². The van der Waals surface area contributed by atoms with Crippen LogP contribution in [0.5, 0.6) is 5.75 Å². The first-order valence-electron chi connectivity index (χ1n) is 6.38. The lowest BCUT2D eigenvalue weighted by molar-refractivity contribution is -0.134. The molecule has 1 aliphatic rings. The van der Waals surface area contributed by atoms with Crippen molar-refractivity contribution < 1.29 is 9.53 Å². The first-order valence-corrected chi connectivity index (χ1v) is 7.26. The predicted molar refractivity (Wildman–Crippen MR) is 78.6 cm³/mol.